The van der Waals surface area contributed by atoms with Gasteiger partial charge >= 0.3 is 0 Å². The Bertz CT molecular complexity index is 492. The van der Waals surface area contributed by atoms with Gasteiger partial charge in [-0.25, -0.2) is 0 Å². The summed E-state index contributed by atoms with van der Waals surface area (Å²) in [5.41, 5.74) is 2.75. The normalized spacial score (nSPS) is 22.8. The maximum Gasteiger partial charge on any atom is 0.240 e. The summed E-state index contributed by atoms with van der Waals surface area (Å²) >= 11 is 0. The van der Waals surface area contributed by atoms with Gasteiger partial charge in [0.15, 0.2) is 0 Å². The number of aryl methyl sites for hydroxylation is 1. The zero-order chi connectivity index (χ0) is 14.7. The van der Waals surface area contributed by atoms with Crippen LogP contribution in [0.15, 0.2) is 12.4 Å². The van der Waals surface area contributed by atoms with Crippen LogP contribution in [-0.4, -0.2) is 36.8 Å². The number of amides is 1. The van der Waals surface area contributed by atoms with Crippen molar-refractivity contribution in [3.05, 3.63) is 23.5 Å². The van der Waals surface area contributed by atoms with E-state index in [0.29, 0.717) is 12.6 Å². The molecule has 1 aromatic heterocycles. The molecule has 1 amide bonds. The summed E-state index contributed by atoms with van der Waals surface area (Å²) in [7, 11) is 2.01. The van der Waals surface area contributed by atoms with Gasteiger partial charge in [-0.15, -0.1) is 0 Å². The first-order valence-corrected chi connectivity index (χ1v) is 7.99. The fourth-order valence-corrected chi connectivity index (χ4v) is 3.42. The first-order valence-electron chi connectivity index (χ1n) is 7.99. The summed E-state index contributed by atoms with van der Waals surface area (Å²) in [5.74, 6) is 0.107. The Morgan fingerprint density at radius 1 is 1.33 bits per heavy atom. The highest BCUT2D eigenvalue weighted by atomic mass is 16.5. The Kier molecular flexibility index (Phi) is 4.60. The minimum atomic E-state index is 0.107. The third kappa shape index (κ3) is 3.47. The average Bonchev–Trinajstić information content (AvgIpc) is 2.90. The van der Waals surface area contributed by atoms with E-state index in [1.54, 1.807) is 0 Å². The van der Waals surface area contributed by atoms with Crippen molar-refractivity contribution >= 4 is 5.91 Å². The Morgan fingerprint density at radius 3 is 2.90 bits per heavy atom. The van der Waals surface area contributed by atoms with Crippen LogP contribution in [0.5, 0.6) is 0 Å². The SMILES string of the molecule is CNC1CCCc2cn(CC(=O)NC3CCOCC3)cc21. The molecule has 0 bridgehead atoms. The molecule has 5 heteroatoms. The Hall–Kier alpha value is -1.33. The van der Waals surface area contributed by atoms with Gasteiger partial charge in [-0.1, -0.05) is 0 Å². The van der Waals surface area contributed by atoms with Crippen LogP contribution >= 0.6 is 0 Å². The van der Waals surface area contributed by atoms with Gasteiger partial charge in [-0.05, 0) is 50.3 Å². The number of aromatic nitrogens is 1. The summed E-state index contributed by atoms with van der Waals surface area (Å²) in [6, 6.07) is 0.718. The summed E-state index contributed by atoms with van der Waals surface area (Å²) in [4.78, 5) is 12.2. The Morgan fingerprint density at radius 2 is 2.14 bits per heavy atom. The second-order valence-electron chi connectivity index (χ2n) is 6.10. The zero-order valence-electron chi connectivity index (χ0n) is 12.7. The number of nitrogens with zero attached hydrogens (tertiary/aromatic N) is 1. The van der Waals surface area contributed by atoms with E-state index in [1.165, 1.54) is 24.0 Å². The summed E-state index contributed by atoms with van der Waals surface area (Å²) in [5, 5.41) is 6.48. The average molecular weight is 291 g/mol. The van der Waals surface area contributed by atoms with Crippen LogP contribution in [0.25, 0.3) is 0 Å². The van der Waals surface area contributed by atoms with Crippen LogP contribution in [0.2, 0.25) is 0 Å². The maximum atomic E-state index is 12.2. The van der Waals surface area contributed by atoms with Crippen molar-refractivity contribution in [2.24, 2.45) is 0 Å². The third-order valence-electron chi connectivity index (χ3n) is 4.57. The smallest absolute Gasteiger partial charge is 0.240 e. The first-order chi connectivity index (χ1) is 10.3. The van der Waals surface area contributed by atoms with Crippen molar-refractivity contribution in [1.82, 2.24) is 15.2 Å². The van der Waals surface area contributed by atoms with Crippen LogP contribution in [0, 0.1) is 0 Å². The molecule has 1 saturated heterocycles. The molecule has 116 valence electrons. The quantitative estimate of drug-likeness (QED) is 0.881. The molecule has 0 aromatic carbocycles. The molecule has 2 aliphatic rings. The number of carbonyl (C=O) groups is 1. The van der Waals surface area contributed by atoms with Gasteiger partial charge in [0, 0.05) is 37.7 Å². The van der Waals surface area contributed by atoms with E-state index < -0.39 is 0 Å². The van der Waals surface area contributed by atoms with Crippen molar-refractivity contribution in [2.75, 3.05) is 20.3 Å². The van der Waals surface area contributed by atoms with Crippen LogP contribution in [0.3, 0.4) is 0 Å². The highest BCUT2D eigenvalue weighted by molar-refractivity contribution is 5.76. The zero-order valence-corrected chi connectivity index (χ0v) is 12.7. The molecule has 1 aliphatic carbocycles. The number of ether oxygens (including phenoxy) is 1. The topological polar surface area (TPSA) is 55.3 Å². The molecule has 1 aromatic rings. The standard InChI is InChI=1S/C16H25N3O2/c1-17-15-4-2-3-12-9-19(10-14(12)15)11-16(20)18-13-5-7-21-8-6-13/h9-10,13,15,17H,2-8,11H2,1H3,(H,18,20). The minimum absolute atomic E-state index is 0.107. The molecule has 1 atom stereocenters. The molecule has 0 saturated carbocycles. The van der Waals surface area contributed by atoms with Crippen molar-refractivity contribution in [3.8, 4) is 0 Å². The van der Waals surface area contributed by atoms with E-state index in [-0.39, 0.29) is 11.9 Å². The fourth-order valence-electron chi connectivity index (χ4n) is 3.42. The molecule has 2 heterocycles. The van der Waals surface area contributed by atoms with E-state index in [4.69, 9.17) is 4.74 Å². The number of hydrogen-bond acceptors (Lipinski definition) is 3. The van der Waals surface area contributed by atoms with Gasteiger partial charge in [0.1, 0.15) is 6.54 Å². The molecular formula is C16H25N3O2. The number of rotatable bonds is 4. The molecular weight excluding hydrogens is 266 g/mol. The summed E-state index contributed by atoms with van der Waals surface area (Å²) in [6.07, 6.45) is 9.66. The number of carbonyl (C=O) groups excluding carboxylic acids is 1. The largest absolute Gasteiger partial charge is 0.381 e. The van der Waals surface area contributed by atoms with Crippen molar-refractivity contribution in [3.63, 3.8) is 0 Å². The Balaban J connectivity index is 1.60. The maximum absolute atomic E-state index is 12.2. The van der Waals surface area contributed by atoms with Crippen LogP contribution in [0.1, 0.15) is 42.9 Å². The highest BCUT2D eigenvalue weighted by Gasteiger charge is 2.21. The predicted octanol–water partition coefficient (Wildman–Crippen LogP) is 1.38. The molecule has 21 heavy (non-hydrogen) atoms. The van der Waals surface area contributed by atoms with E-state index in [2.05, 4.69) is 23.0 Å². The molecule has 1 unspecified atom stereocenters. The number of hydrogen-bond donors (Lipinski definition) is 2. The number of nitrogens with one attached hydrogen (secondary N) is 2. The second kappa shape index (κ2) is 6.62. The van der Waals surface area contributed by atoms with E-state index in [1.807, 2.05) is 11.6 Å². The van der Waals surface area contributed by atoms with E-state index in [0.717, 1.165) is 32.5 Å². The van der Waals surface area contributed by atoms with Gasteiger partial charge in [0.25, 0.3) is 0 Å². The van der Waals surface area contributed by atoms with Crippen molar-refractivity contribution in [1.29, 1.82) is 0 Å². The number of fused-ring (bicyclic) bond motifs is 1. The lowest BCUT2D eigenvalue weighted by Crippen LogP contribution is -2.40. The molecule has 2 N–H and O–H groups in total. The summed E-state index contributed by atoms with van der Waals surface area (Å²) in [6.45, 7) is 1.93. The Labute approximate surface area is 126 Å². The second-order valence-corrected chi connectivity index (χ2v) is 6.10. The first kappa shape index (κ1) is 14.6. The fraction of sp³-hybridized carbons (Fsp3) is 0.688. The summed E-state index contributed by atoms with van der Waals surface area (Å²) < 4.78 is 7.35. The lowest BCUT2D eigenvalue weighted by molar-refractivity contribution is -0.122. The van der Waals surface area contributed by atoms with Crippen LogP contribution in [-0.2, 0) is 22.5 Å². The van der Waals surface area contributed by atoms with E-state index >= 15 is 0 Å². The molecule has 0 spiro atoms. The molecule has 5 nitrogen and oxygen atoms in total. The van der Waals surface area contributed by atoms with Crippen molar-refractivity contribution in [2.45, 2.75) is 50.7 Å². The van der Waals surface area contributed by atoms with Crippen molar-refractivity contribution < 1.29 is 9.53 Å². The van der Waals surface area contributed by atoms with Gasteiger partial charge in [-0.2, -0.15) is 0 Å². The minimum Gasteiger partial charge on any atom is -0.381 e. The van der Waals surface area contributed by atoms with Crippen LogP contribution in [0.4, 0.5) is 0 Å². The van der Waals surface area contributed by atoms with Gasteiger partial charge in [-0.3, -0.25) is 4.79 Å². The molecule has 3 rings (SSSR count). The van der Waals surface area contributed by atoms with E-state index in [9.17, 15) is 4.79 Å². The predicted molar refractivity (Wildman–Crippen MR) is 81.2 cm³/mol. The van der Waals surface area contributed by atoms with Crippen LogP contribution < -0.4 is 10.6 Å². The third-order valence-corrected chi connectivity index (χ3v) is 4.57. The van der Waals surface area contributed by atoms with Gasteiger partial charge in [0.2, 0.25) is 5.91 Å². The lowest BCUT2D eigenvalue weighted by atomic mass is 9.91. The van der Waals surface area contributed by atoms with Gasteiger partial charge < -0.3 is 19.9 Å². The molecule has 0 radical (unpaired) electrons. The van der Waals surface area contributed by atoms with Gasteiger partial charge in [0.05, 0.1) is 0 Å². The highest BCUT2D eigenvalue weighted by Crippen LogP contribution is 2.30. The monoisotopic (exact) mass is 291 g/mol. The lowest BCUT2D eigenvalue weighted by Gasteiger charge is -2.23. The molecule has 1 aliphatic heterocycles. The molecule has 1 fully saturated rings.